The van der Waals surface area contributed by atoms with Crippen LogP contribution in [-0.4, -0.2) is 18.0 Å². The van der Waals surface area contributed by atoms with Gasteiger partial charge in [-0.3, -0.25) is 0 Å². The summed E-state index contributed by atoms with van der Waals surface area (Å²) in [7, 11) is 0. The van der Waals surface area contributed by atoms with Crippen molar-refractivity contribution in [3.8, 4) is 16.9 Å². The molecule has 4 heteroatoms. The first kappa shape index (κ1) is 18.9. The Bertz CT molecular complexity index is 758. The highest BCUT2D eigenvalue weighted by molar-refractivity contribution is 5.71. The molecule has 0 aromatic heterocycles. The van der Waals surface area contributed by atoms with E-state index in [2.05, 4.69) is 20.8 Å². The molecule has 2 aromatic rings. The summed E-state index contributed by atoms with van der Waals surface area (Å²) in [5, 5.41) is 9.46. The lowest BCUT2D eigenvalue weighted by molar-refractivity contribution is -0.105. The van der Waals surface area contributed by atoms with Gasteiger partial charge >= 0.3 is 0 Å². The monoisotopic (exact) mass is 358 g/mol. The van der Waals surface area contributed by atoms with Crippen molar-refractivity contribution >= 4 is 0 Å². The third kappa shape index (κ3) is 4.25. The third-order valence-corrected chi connectivity index (χ3v) is 4.71. The largest absolute Gasteiger partial charge is 0.465 e. The van der Waals surface area contributed by atoms with Gasteiger partial charge in [0.25, 0.3) is 0 Å². The van der Waals surface area contributed by atoms with Gasteiger partial charge in [-0.2, -0.15) is 0 Å². The van der Waals surface area contributed by atoms with E-state index >= 15 is 0 Å². The smallest absolute Gasteiger partial charge is 0.199 e. The Kier molecular flexibility index (Phi) is 5.64. The normalized spacial score (nSPS) is 18.0. The van der Waals surface area contributed by atoms with Gasteiger partial charge in [0.05, 0.1) is 13.2 Å². The fourth-order valence-corrected chi connectivity index (χ4v) is 3.29. The molecule has 0 radical (unpaired) electrons. The number of aliphatic hydroxyl groups excluding tert-OH is 1. The van der Waals surface area contributed by atoms with E-state index in [4.69, 9.17) is 9.47 Å². The van der Waals surface area contributed by atoms with Crippen LogP contribution in [0.4, 0.5) is 4.39 Å². The number of benzene rings is 2. The van der Waals surface area contributed by atoms with E-state index in [1.807, 2.05) is 18.2 Å². The summed E-state index contributed by atoms with van der Waals surface area (Å²) in [5.41, 5.74) is 2.96. The summed E-state index contributed by atoms with van der Waals surface area (Å²) in [6.07, 6.45) is 2.72. The number of ether oxygens (including phenoxy) is 2. The average Bonchev–Trinajstić information content (AvgIpc) is 2.63. The van der Waals surface area contributed by atoms with Gasteiger partial charge < -0.3 is 14.6 Å². The zero-order valence-corrected chi connectivity index (χ0v) is 15.7. The Balaban J connectivity index is 1.99. The summed E-state index contributed by atoms with van der Waals surface area (Å²) in [5.74, 6) is 0.323. The van der Waals surface area contributed by atoms with Crippen molar-refractivity contribution in [3.63, 3.8) is 0 Å². The minimum Gasteiger partial charge on any atom is -0.465 e. The highest BCUT2D eigenvalue weighted by atomic mass is 19.1. The van der Waals surface area contributed by atoms with E-state index in [1.54, 1.807) is 12.1 Å². The Labute approximate surface area is 154 Å². The van der Waals surface area contributed by atoms with Crippen LogP contribution in [0, 0.1) is 5.82 Å². The lowest BCUT2D eigenvalue weighted by Crippen LogP contribution is -2.25. The molecule has 1 heterocycles. The van der Waals surface area contributed by atoms with Crippen LogP contribution in [0.25, 0.3) is 11.1 Å². The molecule has 26 heavy (non-hydrogen) atoms. The van der Waals surface area contributed by atoms with Crippen molar-refractivity contribution < 1.29 is 19.0 Å². The van der Waals surface area contributed by atoms with Crippen molar-refractivity contribution in [1.82, 2.24) is 0 Å². The van der Waals surface area contributed by atoms with Gasteiger partial charge in [0.2, 0.25) is 0 Å². The number of halogens is 1. The fraction of sp³-hybridized carbons (Fsp3) is 0.455. The first-order chi connectivity index (χ1) is 12.4. The van der Waals surface area contributed by atoms with Crippen LogP contribution < -0.4 is 4.74 Å². The van der Waals surface area contributed by atoms with Crippen molar-refractivity contribution in [2.45, 2.75) is 58.3 Å². The highest BCUT2D eigenvalue weighted by Crippen LogP contribution is 2.37. The molecule has 1 atom stereocenters. The average molecular weight is 358 g/mol. The van der Waals surface area contributed by atoms with Crippen LogP contribution in [0.5, 0.6) is 5.75 Å². The highest BCUT2D eigenvalue weighted by Gasteiger charge is 2.22. The van der Waals surface area contributed by atoms with E-state index in [-0.39, 0.29) is 24.1 Å². The molecule has 140 valence electrons. The van der Waals surface area contributed by atoms with E-state index in [1.165, 1.54) is 6.07 Å². The van der Waals surface area contributed by atoms with Crippen molar-refractivity contribution in [1.29, 1.82) is 0 Å². The van der Waals surface area contributed by atoms with E-state index in [9.17, 15) is 9.50 Å². The van der Waals surface area contributed by atoms with Crippen molar-refractivity contribution in [2.75, 3.05) is 6.61 Å². The summed E-state index contributed by atoms with van der Waals surface area (Å²) in [6, 6.07) is 10.5. The third-order valence-electron chi connectivity index (χ3n) is 4.71. The molecule has 1 aliphatic rings. The maximum absolute atomic E-state index is 14.6. The first-order valence-corrected chi connectivity index (χ1v) is 9.21. The summed E-state index contributed by atoms with van der Waals surface area (Å²) >= 11 is 0. The van der Waals surface area contributed by atoms with Crippen LogP contribution in [0.2, 0.25) is 0 Å². The number of aliphatic hydroxyl groups is 1. The Morgan fingerprint density at radius 1 is 1.12 bits per heavy atom. The predicted molar refractivity (Wildman–Crippen MR) is 101 cm³/mol. The van der Waals surface area contributed by atoms with Crippen LogP contribution >= 0.6 is 0 Å². The lowest BCUT2D eigenvalue weighted by Gasteiger charge is -2.25. The van der Waals surface area contributed by atoms with Gasteiger partial charge in [-0.25, -0.2) is 4.39 Å². The molecule has 0 amide bonds. The SMILES string of the molecule is CC(C)(C)c1cc(CO)ccc1-c1cc(OC2CCCCO2)ccc1F. The standard InChI is InChI=1S/C22H27FO3/c1-22(2,3)19-12-15(14-24)7-9-17(19)18-13-16(8-10-20(18)23)26-21-6-4-5-11-25-21/h7-10,12-13,21,24H,4-6,11,14H2,1-3H3. The van der Waals surface area contributed by atoms with Crippen LogP contribution in [-0.2, 0) is 16.8 Å². The summed E-state index contributed by atoms with van der Waals surface area (Å²) < 4.78 is 26.2. The second-order valence-electron chi connectivity index (χ2n) is 7.84. The zero-order valence-electron chi connectivity index (χ0n) is 15.7. The molecule has 1 N–H and O–H groups in total. The molecule has 1 unspecified atom stereocenters. The molecule has 1 saturated heterocycles. The quantitative estimate of drug-likeness (QED) is 0.818. The fourth-order valence-electron chi connectivity index (χ4n) is 3.29. The van der Waals surface area contributed by atoms with Gasteiger partial charge in [0.15, 0.2) is 6.29 Å². The molecule has 0 aliphatic carbocycles. The second-order valence-corrected chi connectivity index (χ2v) is 7.84. The van der Waals surface area contributed by atoms with E-state index in [0.29, 0.717) is 17.9 Å². The molecule has 0 bridgehead atoms. The number of rotatable bonds is 4. The maximum atomic E-state index is 14.6. The molecular weight excluding hydrogens is 331 g/mol. The molecule has 1 aliphatic heterocycles. The Morgan fingerprint density at radius 3 is 2.58 bits per heavy atom. The molecule has 3 nitrogen and oxygen atoms in total. The molecule has 2 aromatic carbocycles. The first-order valence-electron chi connectivity index (χ1n) is 9.21. The van der Waals surface area contributed by atoms with Gasteiger partial charge in [0, 0.05) is 12.0 Å². The van der Waals surface area contributed by atoms with Crippen LogP contribution in [0.15, 0.2) is 36.4 Å². The number of hydrogen-bond donors (Lipinski definition) is 1. The Morgan fingerprint density at radius 2 is 1.92 bits per heavy atom. The van der Waals surface area contributed by atoms with Gasteiger partial charge in [-0.05, 0) is 53.1 Å². The van der Waals surface area contributed by atoms with Crippen molar-refractivity contribution in [3.05, 3.63) is 53.3 Å². The number of hydrogen-bond acceptors (Lipinski definition) is 3. The van der Waals surface area contributed by atoms with E-state index in [0.717, 1.165) is 36.0 Å². The molecule has 0 spiro atoms. The Hall–Kier alpha value is -1.91. The van der Waals surface area contributed by atoms with Crippen molar-refractivity contribution in [2.24, 2.45) is 0 Å². The summed E-state index contributed by atoms with van der Waals surface area (Å²) in [4.78, 5) is 0. The topological polar surface area (TPSA) is 38.7 Å². The molecule has 0 saturated carbocycles. The lowest BCUT2D eigenvalue weighted by atomic mass is 9.81. The van der Waals surface area contributed by atoms with E-state index < -0.39 is 0 Å². The predicted octanol–water partition coefficient (Wildman–Crippen LogP) is 5.19. The van der Waals surface area contributed by atoms with Crippen LogP contribution in [0.3, 0.4) is 0 Å². The van der Waals surface area contributed by atoms with Gasteiger partial charge in [-0.1, -0.05) is 39.0 Å². The zero-order chi connectivity index (χ0) is 18.7. The molecule has 3 rings (SSSR count). The minimum absolute atomic E-state index is 0.0337. The van der Waals surface area contributed by atoms with Gasteiger partial charge in [0.1, 0.15) is 11.6 Å². The summed E-state index contributed by atoms with van der Waals surface area (Å²) in [6.45, 7) is 6.92. The minimum atomic E-state index is -0.288. The van der Waals surface area contributed by atoms with Crippen LogP contribution in [0.1, 0.15) is 51.2 Å². The second kappa shape index (κ2) is 7.77. The molecule has 1 fully saturated rings. The van der Waals surface area contributed by atoms with Gasteiger partial charge in [-0.15, -0.1) is 0 Å². The molecular formula is C22H27FO3. The maximum Gasteiger partial charge on any atom is 0.199 e.